The summed E-state index contributed by atoms with van der Waals surface area (Å²) in [5, 5.41) is 20.8. The summed E-state index contributed by atoms with van der Waals surface area (Å²) in [4.78, 5) is 0. The van der Waals surface area contributed by atoms with Crippen LogP contribution in [0, 0.1) is 0 Å². The van der Waals surface area contributed by atoms with E-state index in [4.69, 9.17) is 4.74 Å². The SMILES string of the molecule is OC(COCC(O)c1c(Br)cc(Br)cc1Br)c1c(Br)cc(Br)cc1Br. The first kappa shape index (κ1) is 22.5. The minimum Gasteiger partial charge on any atom is -0.386 e. The lowest BCUT2D eigenvalue weighted by Crippen LogP contribution is -2.14. The molecule has 0 amide bonds. The topological polar surface area (TPSA) is 49.7 Å². The average molecular weight is 732 g/mol. The molecular formula is C16H12Br6O3. The molecule has 0 bridgehead atoms. The van der Waals surface area contributed by atoms with Crippen molar-refractivity contribution in [2.75, 3.05) is 13.2 Å². The van der Waals surface area contributed by atoms with Crippen LogP contribution in [0.4, 0.5) is 0 Å². The van der Waals surface area contributed by atoms with Gasteiger partial charge in [-0.05, 0) is 24.3 Å². The van der Waals surface area contributed by atoms with Crippen LogP contribution in [0.15, 0.2) is 51.1 Å². The van der Waals surface area contributed by atoms with E-state index < -0.39 is 12.2 Å². The Morgan fingerprint density at radius 2 is 0.920 bits per heavy atom. The first-order chi connectivity index (χ1) is 11.7. The first-order valence-electron chi connectivity index (χ1n) is 6.93. The molecule has 0 heterocycles. The Hall–Kier alpha value is 1.20. The molecule has 2 rings (SSSR count). The van der Waals surface area contributed by atoms with E-state index in [1.807, 2.05) is 24.3 Å². The van der Waals surface area contributed by atoms with Gasteiger partial charge in [0.15, 0.2) is 0 Å². The van der Waals surface area contributed by atoms with E-state index in [1.54, 1.807) is 0 Å². The minimum atomic E-state index is -0.833. The molecule has 136 valence electrons. The molecule has 0 spiro atoms. The number of hydrogen-bond donors (Lipinski definition) is 2. The lowest BCUT2D eigenvalue weighted by molar-refractivity contribution is -0.00973. The maximum Gasteiger partial charge on any atom is 0.104 e. The predicted molar refractivity (Wildman–Crippen MR) is 120 cm³/mol. The molecule has 0 saturated carbocycles. The smallest absolute Gasteiger partial charge is 0.104 e. The zero-order valence-electron chi connectivity index (χ0n) is 12.4. The van der Waals surface area contributed by atoms with Crippen LogP contribution in [-0.2, 0) is 4.74 Å². The van der Waals surface area contributed by atoms with E-state index in [9.17, 15) is 10.2 Å². The largest absolute Gasteiger partial charge is 0.386 e. The number of ether oxygens (including phenoxy) is 1. The highest BCUT2D eigenvalue weighted by atomic mass is 79.9. The van der Waals surface area contributed by atoms with Crippen molar-refractivity contribution in [2.24, 2.45) is 0 Å². The van der Waals surface area contributed by atoms with E-state index in [1.165, 1.54) is 0 Å². The van der Waals surface area contributed by atoms with Crippen LogP contribution in [0.2, 0.25) is 0 Å². The Balaban J connectivity index is 2.01. The van der Waals surface area contributed by atoms with E-state index in [0.717, 1.165) is 26.8 Å². The summed E-state index contributed by atoms with van der Waals surface area (Å²) >= 11 is 20.5. The normalized spacial score (nSPS) is 13.8. The lowest BCUT2D eigenvalue weighted by atomic mass is 10.1. The van der Waals surface area contributed by atoms with Gasteiger partial charge in [-0.1, -0.05) is 95.6 Å². The summed E-state index contributed by atoms with van der Waals surface area (Å²) in [5.74, 6) is 0. The molecule has 0 aromatic heterocycles. The number of rotatable bonds is 6. The van der Waals surface area contributed by atoms with E-state index >= 15 is 0 Å². The number of aliphatic hydroxyl groups is 2. The van der Waals surface area contributed by atoms with Gasteiger partial charge in [0.05, 0.1) is 13.2 Å². The molecule has 0 saturated heterocycles. The van der Waals surface area contributed by atoms with E-state index in [0.29, 0.717) is 11.1 Å². The number of hydrogen-bond acceptors (Lipinski definition) is 3. The van der Waals surface area contributed by atoms with Gasteiger partial charge in [0.2, 0.25) is 0 Å². The molecule has 0 aliphatic heterocycles. The van der Waals surface area contributed by atoms with Gasteiger partial charge in [-0.15, -0.1) is 0 Å². The molecule has 9 heteroatoms. The van der Waals surface area contributed by atoms with Crippen LogP contribution < -0.4 is 0 Å². The van der Waals surface area contributed by atoms with Gasteiger partial charge in [-0.3, -0.25) is 0 Å². The van der Waals surface area contributed by atoms with E-state index in [2.05, 4.69) is 95.6 Å². The lowest BCUT2D eigenvalue weighted by Gasteiger charge is -2.19. The highest BCUT2D eigenvalue weighted by Crippen LogP contribution is 2.36. The Morgan fingerprint density at radius 1 is 0.640 bits per heavy atom. The molecular weight excluding hydrogens is 720 g/mol. The molecule has 0 radical (unpaired) electrons. The van der Waals surface area contributed by atoms with Crippen LogP contribution in [0.1, 0.15) is 23.3 Å². The standard InChI is InChI=1S/C16H12Br6O3/c17-7-1-9(19)15(10(20)2-7)13(23)5-25-6-14(24)16-11(21)3-8(18)4-12(16)22/h1-4,13-14,23-24H,5-6H2. The van der Waals surface area contributed by atoms with Crippen molar-refractivity contribution in [1.82, 2.24) is 0 Å². The zero-order chi connectivity index (χ0) is 18.7. The second-order valence-electron chi connectivity index (χ2n) is 5.14. The number of benzene rings is 2. The summed E-state index contributed by atoms with van der Waals surface area (Å²) in [6.07, 6.45) is -1.67. The maximum atomic E-state index is 10.4. The van der Waals surface area contributed by atoms with Crippen LogP contribution in [0.3, 0.4) is 0 Å². The zero-order valence-corrected chi connectivity index (χ0v) is 22.0. The van der Waals surface area contributed by atoms with Crippen LogP contribution in [0.5, 0.6) is 0 Å². The monoisotopic (exact) mass is 726 g/mol. The van der Waals surface area contributed by atoms with E-state index in [-0.39, 0.29) is 13.2 Å². The molecule has 0 fully saturated rings. The third-order valence-corrected chi connectivity index (χ3v) is 6.85. The minimum absolute atomic E-state index is 0.0572. The Labute approximate surface area is 196 Å². The van der Waals surface area contributed by atoms with Crippen LogP contribution >= 0.6 is 95.6 Å². The second kappa shape index (κ2) is 10.1. The fourth-order valence-electron chi connectivity index (χ4n) is 2.20. The summed E-state index contributed by atoms with van der Waals surface area (Å²) in [7, 11) is 0. The van der Waals surface area contributed by atoms with Crippen molar-refractivity contribution in [3.05, 3.63) is 62.2 Å². The highest BCUT2D eigenvalue weighted by molar-refractivity contribution is 9.12. The predicted octanol–water partition coefficient (Wildman–Crippen LogP) is 7.05. The molecule has 2 aromatic carbocycles. The third-order valence-electron chi connectivity index (χ3n) is 3.31. The molecule has 0 aliphatic rings. The first-order valence-corrected chi connectivity index (χ1v) is 11.7. The summed E-state index contributed by atoms with van der Waals surface area (Å²) < 4.78 is 10.4. The van der Waals surface area contributed by atoms with Gasteiger partial charge in [0, 0.05) is 38.0 Å². The Bertz CT molecular complexity index is 658. The van der Waals surface area contributed by atoms with Crippen molar-refractivity contribution in [3.63, 3.8) is 0 Å². The maximum absolute atomic E-state index is 10.4. The van der Waals surface area contributed by atoms with Crippen molar-refractivity contribution < 1.29 is 14.9 Å². The van der Waals surface area contributed by atoms with Gasteiger partial charge < -0.3 is 14.9 Å². The molecule has 2 atom stereocenters. The van der Waals surface area contributed by atoms with Gasteiger partial charge in [-0.25, -0.2) is 0 Å². The number of halogens is 6. The fraction of sp³-hybridized carbons (Fsp3) is 0.250. The van der Waals surface area contributed by atoms with Gasteiger partial charge >= 0.3 is 0 Å². The second-order valence-corrected chi connectivity index (χ2v) is 10.4. The fourth-order valence-corrected chi connectivity index (χ4v) is 7.78. The van der Waals surface area contributed by atoms with Crippen LogP contribution in [0.25, 0.3) is 0 Å². The third kappa shape index (κ3) is 6.09. The summed E-state index contributed by atoms with van der Waals surface area (Å²) in [6.45, 7) is 0.114. The Kier molecular flexibility index (Phi) is 9.10. The highest BCUT2D eigenvalue weighted by Gasteiger charge is 2.19. The molecule has 25 heavy (non-hydrogen) atoms. The van der Waals surface area contributed by atoms with Gasteiger partial charge in [-0.2, -0.15) is 0 Å². The molecule has 2 aromatic rings. The van der Waals surface area contributed by atoms with Crippen molar-refractivity contribution in [1.29, 1.82) is 0 Å². The van der Waals surface area contributed by atoms with Crippen LogP contribution in [-0.4, -0.2) is 23.4 Å². The number of aliphatic hydroxyl groups excluding tert-OH is 2. The molecule has 0 aliphatic carbocycles. The van der Waals surface area contributed by atoms with Gasteiger partial charge in [0.1, 0.15) is 12.2 Å². The molecule has 3 nitrogen and oxygen atoms in total. The van der Waals surface area contributed by atoms with Crippen molar-refractivity contribution in [3.8, 4) is 0 Å². The molecule has 2 unspecified atom stereocenters. The van der Waals surface area contributed by atoms with Crippen molar-refractivity contribution >= 4 is 95.6 Å². The summed E-state index contributed by atoms with van der Waals surface area (Å²) in [6, 6.07) is 7.42. The average Bonchev–Trinajstić information content (AvgIpc) is 2.44. The van der Waals surface area contributed by atoms with Gasteiger partial charge in [0.25, 0.3) is 0 Å². The Morgan fingerprint density at radius 3 is 1.20 bits per heavy atom. The van der Waals surface area contributed by atoms with Crippen molar-refractivity contribution in [2.45, 2.75) is 12.2 Å². The summed E-state index contributed by atoms with van der Waals surface area (Å²) in [5.41, 5.74) is 1.40. The molecule has 2 N–H and O–H groups in total. The quantitative estimate of drug-likeness (QED) is 0.335.